The standard InChI is InChI=1S/C8H19NO/c1-5-8(4,7(3)9)10-6-2/h7H,5-6,9H2,1-4H3/t7-,8?/m0/s1. The van der Waals surface area contributed by atoms with Gasteiger partial charge in [0, 0.05) is 12.6 Å². The van der Waals surface area contributed by atoms with E-state index in [0.717, 1.165) is 13.0 Å². The quantitative estimate of drug-likeness (QED) is 0.651. The van der Waals surface area contributed by atoms with Crippen molar-refractivity contribution in [1.29, 1.82) is 0 Å². The lowest BCUT2D eigenvalue weighted by Gasteiger charge is -2.31. The number of ether oxygens (including phenoxy) is 1. The first-order chi connectivity index (χ1) is 4.56. The van der Waals surface area contributed by atoms with E-state index in [4.69, 9.17) is 10.5 Å². The van der Waals surface area contributed by atoms with Gasteiger partial charge in [-0.2, -0.15) is 0 Å². The first-order valence-corrected chi connectivity index (χ1v) is 3.96. The maximum atomic E-state index is 5.74. The molecular formula is C8H19NO. The van der Waals surface area contributed by atoms with E-state index < -0.39 is 0 Å². The molecule has 62 valence electrons. The molecule has 0 bridgehead atoms. The molecule has 2 heteroatoms. The van der Waals surface area contributed by atoms with E-state index in [1.54, 1.807) is 0 Å². The summed E-state index contributed by atoms with van der Waals surface area (Å²) in [5, 5.41) is 0. The summed E-state index contributed by atoms with van der Waals surface area (Å²) in [6.45, 7) is 8.88. The number of hydrogen-bond donors (Lipinski definition) is 1. The fraction of sp³-hybridized carbons (Fsp3) is 1.00. The third kappa shape index (κ3) is 2.27. The molecule has 0 heterocycles. The molecule has 0 aliphatic carbocycles. The second kappa shape index (κ2) is 3.94. The molecule has 0 saturated heterocycles. The van der Waals surface area contributed by atoms with Gasteiger partial charge in [0.05, 0.1) is 5.60 Å². The van der Waals surface area contributed by atoms with E-state index >= 15 is 0 Å². The summed E-state index contributed by atoms with van der Waals surface area (Å²) in [4.78, 5) is 0. The second-order valence-electron chi connectivity index (χ2n) is 2.89. The van der Waals surface area contributed by atoms with Crippen LogP contribution in [-0.2, 0) is 4.74 Å². The number of nitrogens with two attached hydrogens (primary N) is 1. The molecule has 0 aromatic carbocycles. The Kier molecular flexibility index (Phi) is 3.91. The molecule has 2 atom stereocenters. The topological polar surface area (TPSA) is 35.2 Å². The Hall–Kier alpha value is -0.0800. The smallest absolute Gasteiger partial charge is 0.0799 e. The normalized spacial score (nSPS) is 20.1. The third-order valence-electron chi connectivity index (χ3n) is 2.14. The Morgan fingerprint density at radius 1 is 1.50 bits per heavy atom. The first kappa shape index (κ1) is 9.92. The van der Waals surface area contributed by atoms with Crippen molar-refractivity contribution in [2.24, 2.45) is 5.73 Å². The summed E-state index contributed by atoms with van der Waals surface area (Å²) >= 11 is 0. The molecule has 1 unspecified atom stereocenters. The fourth-order valence-corrected chi connectivity index (χ4v) is 0.885. The molecule has 0 aromatic heterocycles. The zero-order valence-electron chi connectivity index (χ0n) is 7.48. The minimum Gasteiger partial charge on any atom is -0.374 e. The summed E-state index contributed by atoms with van der Waals surface area (Å²) < 4.78 is 5.52. The van der Waals surface area contributed by atoms with E-state index in [-0.39, 0.29) is 11.6 Å². The van der Waals surface area contributed by atoms with Crippen LogP contribution in [0.25, 0.3) is 0 Å². The molecule has 0 amide bonds. The van der Waals surface area contributed by atoms with Crippen LogP contribution in [-0.4, -0.2) is 18.2 Å². The maximum Gasteiger partial charge on any atom is 0.0799 e. The lowest BCUT2D eigenvalue weighted by molar-refractivity contribution is -0.0422. The van der Waals surface area contributed by atoms with E-state index in [0.29, 0.717) is 0 Å². The summed E-state index contributed by atoms with van der Waals surface area (Å²) in [5.74, 6) is 0. The Morgan fingerprint density at radius 2 is 2.00 bits per heavy atom. The van der Waals surface area contributed by atoms with Crippen molar-refractivity contribution in [3.8, 4) is 0 Å². The fourth-order valence-electron chi connectivity index (χ4n) is 0.885. The predicted octanol–water partition coefficient (Wildman–Crippen LogP) is 1.54. The van der Waals surface area contributed by atoms with Gasteiger partial charge >= 0.3 is 0 Å². The summed E-state index contributed by atoms with van der Waals surface area (Å²) in [6, 6.07) is 0.109. The Balaban J connectivity index is 3.94. The zero-order chi connectivity index (χ0) is 8.20. The van der Waals surface area contributed by atoms with Crippen LogP contribution in [0.2, 0.25) is 0 Å². The number of rotatable bonds is 4. The second-order valence-corrected chi connectivity index (χ2v) is 2.89. The molecule has 0 aliphatic heterocycles. The van der Waals surface area contributed by atoms with Crippen molar-refractivity contribution >= 4 is 0 Å². The minimum absolute atomic E-state index is 0.109. The van der Waals surface area contributed by atoms with E-state index in [2.05, 4.69) is 13.8 Å². The van der Waals surface area contributed by atoms with Crippen LogP contribution in [0.1, 0.15) is 34.1 Å². The molecule has 0 radical (unpaired) electrons. The first-order valence-electron chi connectivity index (χ1n) is 3.96. The van der Waals surface area contributed by atoms with Gasteiger partial charge in [0.1, 0.15) is 0 Å². The van der Waals surface area contributed by atoms with Crippen LogP contribution in [0, 0.1) is 0 Å². The highest BCUT2D eigenvalue weighted by molar-refractivity contribution is 4.82. The zero-order valence-corrected chi connectivity index (χ0v) is 7.48. The van der Waals surface area contributed by atoms with E-state index in [1.807, 2.05) is 13.8 Å². The minimum atomic E-state index is -0.130. The molecule has 0 fully saturated rings. The highest BCUT2D eigenvalue weighted by atomic mass is 16.5. The highest BCUT2D eigenvalue weighted by Gasteiger charge is 2.26. The Bertz CT molecular complexity index is 93.3. The van der Waals surface area contributed by atoms with Gasteiger partial charge < -0.3 is 10.5 Å². The largest absolute Gasteiger partial charge is 0.374 e. The van der Waals surface area contributed by atoms with E-state index in [1.165, 1.54) is 0 Å². The molecule has 10 heavy (non-hydrogen) atoms. The van der Waals surface area contributed by atoms with Gasteiger partial charge in [-0.15, -0.1) is 0 Å². The van der Waals surface area contributed by atoms with Crippen LogP contribution in [0.4, 0.5) is 0 Å². The molecule has 0 aliphatic rings. The predicted molar refractivity (Wildman–Crippen MR) is 44.0 cm³/mol. The molecular weight excluding hydrogens is 126 g/mol. The highest BCUT2D eigenvalue weighted by Crippen LogP contribution is 2.17. The van der Waals surface area contributed by atoms with Gasteiger partial charge in [0.25, 0.3) is 0 Å². The van der Waals surface area contributed by atoms with Crippen molar-refractivity contribution in [1.82, 2.24) is 0 Å². The summed E-state index contributed by atoms with van der Waals surface area (Å²) in [7, 11) is 0. The Labute approximate surface area is 63.7 Å². The van der Waals surface area contributed by atoms with Crippen molar-refractivity contribution < 1.29 is 4.74 Å². The lowest BCUT2D eigenvalue weighted by Crippen LogP contribution is -2.45. The van der Waals surface area contributed by atoms with Crippen molar-refractivity contribution in [3.05, 3.63) is 0 Å². The van der Waals surface area contributed by atoms with Gasteiger partial charge in [-0.1, -0.05) is 6.92 Å². The molecule has 0 rings (SSSR count). The van der Waals surface area contributed by atoms with Gasteiger partial charge in [-0.05, 0) is 27.2 Å². The van der Waals surface area contributed by atoms with E-state index in [9.17, 15) is 0 Å². The van der Waals surface area contributed by atoms with Gasteiger partial charge in [0.15, 0.2) is 0 Å². The van der Waals surface area contributed by atoms with Gasteiger partial charge in [-0.25, -0.2) is 0 Å². The Morgan fingerprint density at radius 3 is 2.10 bits per heavy atom. The summed E-state index contributed by atoms with van der Waals surface area (Å²) in [6.07, 6.45) is 0.971. The molecule has 0 saturated carbocycles. The van der Waals surface area contributed by atoms with Crippen LogP contribution < -0.4 is 5.73 Å². The summed E-state index contributed by atoms with van der Waals surface area (Å²) in [5.41, 5.74) is 5.61. The average Bonchev–Trinajstić information content (AvgIpc) is 1.88. The van der Waals surface area contributed by atoms with Gasteiger partial charge in [-0.3, -0.25) is 0 Å². The lowest BCUT2D eigenvalue weighted by atomic mass is 9.95. The van der Waals surface area contributed by atoms with Crippen LogP contribution in [0.5, 0.6) is 0 Å². The van der Waals surface area contributed by atoms with Crippen molar-refractivity contribution in [2.75, 3.05) is 6.61 Å². The van der Waals surface area contributed by atoms with Crippen LogP contribution in [0.3, 0.4) is 0 Å². The number of hydrogen-bond acceptors (Lipinski definition) is 2. The van der Waals surface area contributed by atoms with Crippen molar-refractivity contribution in [3.63, 3.8) is 0 Å². The van der Waals surface area contributed by atoms with Crippen LogP contribution in [0.15, 0.2) is 0 Å². The molecule has 2 N–H and O–H groups in total. The SMILES string of the molecule is CCOC(C)(CC)[C@H](C)N. The third-order valence-corrected chi connectivity index (χ3v) is 2.14. The molecule has 2 nitrogen and oxygen atoms in total. The van der Waals surface area contributed by atoms with Gasteiger partial charge in [0.2, 0.25) is 0 Å². The van der Waals surface area contributed by atoms with Crippen LogP contribution >= 0.6 is 0 Å². The molecule has 0 spiro atoms. The molecule has 0 aromatic rings. The monoisotopic (exact) mass is 145 g/mol. The average molecular weight is 145 g/mol. The van der Waals surface area contributed by atoms with Crippen molar-refractivity contribution in [2.45, 2.75) is 45.8 Å². The maximum absolute atomic E-state index is 5.74.